The molecule has 0 saturated carbocycles. The number of amides is 1. The SMILES string of the molecule is COCc1cc(NC(=O)C(C)OC)cc(C(=O)O)c1. The summed E-state index contributed by atoms with van der Waals surface area (Å²) < 4.78 is 9.85. The molecule has 0 aliphatic carbocycles. The summed E-state index contributed by atoms with van der Waals surface area (Å²) >= 11 is 0. The Morgan fingerprint density at radius 2 is 2.00 bits per heavy atom. The first-order valence-corrected chi connectivity index (χ1v) is 5.67. The van der Waals surface area contributed by atoms with E-state index in [2.05, 4.69) is 5.32 Å². The molecule has 0 spiro atoms. The molecule has 1 rings (SSSR count). The lowest BCUT2D eigenvalue weighted by atomic mass is 10.1. The average molecular weight is 267 g/mol. The van der Waals surface area contributed by atoms with Crippen LogP contribution in [0.5, 0.6) is 0 Å². The second-order valence-corrected chi connectivity index (χ2v) is 4.02. The Labute approximate surface area is 111 Å². The molecule has 1 atom stereocenters. The number of carboxylic acids is 1. The highest BCUT2D eigenvalue weighted by Crippen LogP contribution is 2.16. The summed E-state index contributed by atoms with van der Waals surface area (Å²) in [5, 5.41) is 11.6. The number of hydrogen-bond donors (Lipinski definition) is 2. The van der Waals surface area contributed by atoms with E-state index in [1.165, 1.54) is 26.4 Å². The Morgan fingerprint density at radius 1 is 1.32 bits per heavy atom. The van der Waals surface area contributed by atoms with Crippen molar-refractivity contribution in [3.05, 3.63) is 29.3 Å². The molecule has 0 heterocycles. The summed E-state index contributed by atoms with van der Waals surface area (Å²) in [6.07, 6.45) is -0.612. The maximum Gasteiger partial charge on any atom is 0.335 e. The van der Waals surface area contributed by atoms with Crippen molar-refractivity contribution in [3.8, 4) is 0 Å². The van der Waals surface area contributed by atoms with Crippen LogP contribution in [0.15, 0.2) is 18.2 Å². The number of nitrogens with one attached hydrogen (secondary N) is 1. The lowest BCUT2D eigenvalue weighted by molar-refractivity contribution is -0.124. The Morgan fingerprint density at radius 3 is 2.53 bits per heavy atom. The number of methoxy groups -OCH3 is 2. The zero-order chi connectivity index (χ0) is 14.4. The van der Waals surface area contributed by atoms with Crippen molar-refractivity contribution >= 4 is 17.6 Å². The maximum absolute atomic E-state index is 11.7. The second kappa shape index (κ2) is 6.86. The van der Waals surface area contributed by atoms with Crippen molar-refractivity contribution in [2.45, 2.75) is 19.6 Å². The molecule has 0 saturated heterocycles. The number of aromatic carboxylic acids is 1. The van der Waals surface area contributed by atoms with E-state index in [-0.39, 0.29) is 18.1 Å². The molecular formula is C13H17NO5. The molecule has 104 valence electrons. The normalized spacial score (nSPS) is 11.9. The molecule has 2 N–H and O–H groups in total. The van der Waals surface area contributed by atoms with Crippen molar-refractivity contribution in [1.29, 1.82) is 0 Å². The van der Waals surface area contributed by atoms with Crippen LogP contribution in [0.4, 0.5) is 5.69 Å². The van der Waals surface area contributed by atoms with Crippen LogP contribution in [0.2, 0.25) is 0 Å². The fraction of sp³-hybridized carbons (Fsp3) is 0.385. The molecule has 0 aliphatic rings. The third-order valence-corrected chi connectivity index (χ3v) is 2.54. The predicted molar refractivity (Wildman–Crippen MR) is 69.2 cm³/mol. The second-order valence-electron chi connectivity index (χ2n) is 4.02. The minimum Gasteiger partial charge on any atom is -0.478 e. The van der Waals surface area contributed by atoms with Crippen molar-refractivity contribution < 1.29 is 24.2 Å². The number of carboxylic acid groups (broad SMARTS) is 1. The van der Waals surface area contributed by atoms with E-state index in [9.17, 15) is 9.59 Å². The Balaban J connectivity index is 2.99. The van der Waals surface area contributed by atoms with E-state index in [1.54, 1.807) is 13.0 Å². The quantitative estimate of drug-likeness (QED) is 0.816. The molecule has 19 heavy (non-hydrogen) atoms. The zero-order valence-electron chi connectivity index (χ0n) is 11.1. The minimum atomic E-state index is -1.06. The van der Waals surface area contributed by atoms with Crippen LogP contribution >= 0.6 is 0 Å². The lowest BCUT2D eigenvalue weighted by Gasteiger charge is -2.12. The minimum absolute atomic E-state index is 0.0925. The fourth-order valence-electron chi connectivity index (χ4n) is 1.49. The highest BCUT2D eigenvalue weighted by atomic mass is 16.5. The summed E-state index contributed by atoms with van der Waals surface area (Å²) in [5.74, 6) is -1.40. The summed E-state index contributed by atoms with van der Waals surface area (Å²) in [5.41, 5.74) is 1.17. The van der Waals surface area contributed by atoms with Gasteiger partial charge in [-0.1, -0.05) is 0 Å². The highest BCUT2D eigenvalue weighted by Gasteiger charge is 2.13. The summed E-state index contributed by atoms with van der Waals surface area (Å²) in [6, 6.07) is 4.55. The Hall–Kier alpha value is -1.92. The molecule has 1 aromatic carbocycles. The smallest absolute Gasteiger partial charge is 0.335 e. The summed E-state index contributed by atoms with van der Waals surface area (Å²) in [6.45, 7) is 1.87. The number of rotatable bonds is 6. The van der Waals surface area contributed by atoms with Crippen molar-refractivity contribution in [2.75, 3.05) is 19.5 Å². The number of carbonyl (C=O) groups excluding carboxylic acids is 1. The Kier molecular flexibility index (Phi) is 5.47. The van der Waals surface area contributed by atoms with Gasteiger partial charge in [-0.15, -0.1) is 0 Å². The number of anilines is 1. The first kappa shape index (κ1) is 15.1. The van der Waals surface area contributed by atoms with Gasteiger partial charge in [-0.3, -0.25) is 4.79 Å². The zero-order valence-corrected chi connectivity index (χ0v) is 11.1. The first-order valence-electron chi connectivity index (χ1n) is 5.67. The van der Waals surface area contributed by atoms with E-state index in [0.717, 1.165) is 0 Å². The molecule has 1 aromatic rings. The van der Waals surface area contributed by atoms with Gasteiger partial charge in [0, 0.05) is 19.9 Å². The van der Waals surface area contributed by atoms with Crippen molar-refractivity contribution in [2.24, 2.45) is 0 Å². The van der Waals surface area contributed by atoms with Gasteiger partial charge < -0.3 is 19.9 Å². The molecule has 0 radical (unpaired) electrons. The molecule has 0 fully saturated rings. The monoisotopic (exact) mass is 267 g/mol. The molecule has 0 aromatic heterocycles. The van der Waals surface area contributed by atoms with Crippen molar-refractivity contribution in [3.63, 3.8) is 0 Å². The number of ether oxygens (including phenoxy) is 2. The van der Waals surface area contributed by atoms with Gasteiger partial charge in [0.1, 0.15) is 6.10 Å². The van der Waals surface area contributed by atoms with Gasteiger partial charge >= 0.3 is 5.97 Å². The van der Waals surface area contributed by atoms with Crippen LogP contribution in [0.1, 0.15) is 22.8 Å². The van der Waals surface area contributed by atoms with Crippen LogP contribution in [0.3, 0.4) is 0 Å². The van der Waals surface area contributed by atoms with Gasteiger partial charge in [0.05, 0.1) is 12.2 Å². The van der Waals surface area contributed by atoms with Gasteiger partial charge in [0.2, 0.25) is 0 Å². The van der Waals surface area contributed by atoms with Crippen LogP contribution in [0.25, 0.3) is 0 Å². The molecule has 1 unspecified atom stereocenters. The van der Waals surface area contributed by atoms with E-state index in [0.29, 0.717) is 11.3 Å². The highest BCUT2D eigenvalue weighted by molar-refractivity contribution is 5.96. The maximum atomic E-state index is 11.7. The van der Waals surface area contributed by atoms with E-state index >= 15 is 0 Å². The number of benzene rings is 1. The van der Waals surface area contributed by atoms with Crippen LogP contribution in [-0.4, -0.2) is 37.3 Å². The van der Waals surface area contributed by atoms with E-state index < -0.39 is 12.1 Å². The average Bonchev–Trinajstić information content (AvgIpc) is 2.37. The molecule has 6 heteroatoms. The van der Waals surface area contributed by atoms with Crippen molar-refractivity contribution in [1.82, 2.24) is 0 Å². The first-order chi connectivity index (χ1) is 8.97. The molecule has 6 nitrogen and oxygen atoms in total. The Bertz CT molecular complexity index is 472. The number of carbonyl (C=O) groups is 2. The topological polar surface area (TPSA) is 84.9 Å². The van der Waals surface area contributed by atoms with E-state index in [4.69, 9.17) is 14.6 Å². The third kappa shape index (κ3) is 4.35. The van der Waals surface area contributed by atoms with Gasteiger partial charge in [0.25, 0.3) is 5.91 Å². The van der Waals surface area contributed by atoms with Crippen LogP contribution in [0, 0.1) is 0 Å². The van der Waals surface area contributed by atoms with Crippen LogP contribution < -0.4 is 5.32 Å². The summed E-state index contributed by atoms with van der Waals surface area (Å²) in [7, 11) is 2.94. The lowest BCUT2D eigenvalue weighted by Crippen LogP contribution is -2.26. The molecule has 0 aliphatic heterocycles. The molecule has 1 amide bonds. The molecule has 0 bridgehead atoms. The summed E-state index contributed by atoms with van der Waals surface area (Å²) in [4.78, 5) is 22.7. The van der Waals surface area contributed by atoms with Gasteiger partial charge in [-0.05, 0) is 30.7 Å². The van der Waals surface area contributed by atoms with Gasteiger partial charge in [-0.2, -0.15) is 0 Å². The third-order valence-electron chi connectivity index (χ3n) is 2.54. The van der Waals surface area contributed by atoms with Crippen LogP contribution in [-0.2, 0) is 20.9 Å². The largest absolute Gasteiger partial charge is 0.478 e. The van der Waals surface area contributed by atoms with E-state index in [1.807, 2.05) is 0 Å². The fourth-order valence-corrected chi connectivity index (χ4v) is 1.49. The van der Waals surface area contributed by atoms with Gasteiger partial charge in [-0.25, -0.2) is 4.79 Å². The predicted octanol–water partition coefficient (Wildman–Crippen LogP) is 1.50. The van der Waals surface area contributed by atoms with Gasteiger partial charge in [0.15, 0.2) is 0 Å². The number of hydrogen-bond acceptors (Lipinski definition) is 4. The standard InChI is InChI=1S/C13H17NO5/c1-8(19-3)12(15)14-11-5-9(7-18-2)4-10(6-11)13(16)17/h4-6,8H,7H2,1-3H3,(H,14,15)(H,16,17). The molecular weight excluding hydrogens is 250 g/mol.